The van der Waals surface area contributed by atoms with E-state index in [0.717, 1.165) is 22.5 Å². The lowest BCUT2D eigenvalue weighted by Gasteiger charge is -2.04. The Morgan fingerprint density at radius 3 is 3.00 bits per heavy atom. The molecule has 23 heavy (non-hydrogen) atoms. The van der Waals surface area contributed by atoms with Gasteiger partial charge in [-0.15, -0.1) is 11.3 Å². The number of rotatable bonds is 3. The summed E-state index contributed by atoms with van der Waals surface area (Å²) in [6.07, 6.45) is 1.97. The second-order valence-corrected chi connectivity index (χ2v) is 6.33. The van der Waals surface area contributed by atoms with Crippen molar-refractivity contribution in [2.24, 2.45) is 7.05 Å². The maximum absolute atomic E-state index is 12.4. The van der Waals surface area contributed by atoms with Crippen molar-refractivity contribution in [1.29, 1.82) is 0 Å². The number of aromatic nitrogens is 2. The van der Waals surface area contributed by atoms with Gasteiger partial charge in [0.2, 0.25) is 0 Å². The number of carbonyl (C=O) groups excluding carboxylic acids is 1. The fourth-order valence-corrected chi connectivity index (χ4v) is 3.36. The van der Waals surface area contributed by atoms with Crippen LogP contribution >= 0.6 is 11.3 Å². The van der Waals surface area contributed by atoms with Crippen LogP contribution < -0.4 is 5.32 Å². The molecule has 1 aromatic carbocycles. The number of amides is 1. The monoisotopic (exact) mass is 325 g/mol. The summed E-state index contributed by atoms with van der Waals surface area (Å²) >= 11 is 1.42. The first-order valence-electron chi connectivity index (χ1n) is 7.29. The van der Waals surface area contributed by atoms with Crippen LogP contribution in [0.1, 0.15) is 21.5 Å². The molecule has 0 saturated heterocycles. The Hall–Kier alpha value is -2.44. The second-order valence-electron chi connectivity index (χ2n) is 5.47. The highest BCUT2D eigenvalue weighted by molar-refractivity contribution is 7.14. The maximum atomic E-state index is 12.4. The zero-order chi connectivity index (χ0) is 15.8. The molecule has 3 aromatic rings. The average molecular weight is 325 g/mol. The van der Waals surface area contributed by atoms with Crippen LogP contribution in [0.3, 0.4) is 0 Å². The number of anilines is 1. The first-order valence-corrected chi connectivity index (χ1v) is 8.17. The lowest BCUT2D eigenvalue weighted by atomic mass is 10.1. The van der Waals surface area contributed by atoms with Gasteiger partial charge in [0.25, 0.3) is 5.91 Å². The van der Waals surface area contributed by atoms with Crippen molar-refractivity contribution < 1.29 is 9.53 Å². The number of benzene rings is 1. The van der Waals surface area contributed by atoms with Crippen molar-refractivity contribution in [1.82, 2.24) is 9.55 Å². The normalized spacial score (nSPS) is 13.1. The van der Waals surface area contributed by atoms with E-state index in [-0.39, 0.29) is 5.91 Å². The Kier molecular flexibility index (Phi) is 3.48. The average Bonchev–Trinajstić information content (AvgIpc) is 3.26. The molecule has 0 atom stereocenters. The van der Waals surface area contributed by atoms with Crippen molar-refractivity contribution in [3.63, 3.8) is 0 Å². The van der Waals surface area contributed by atoms with E-state index < -0.39 is 0 Å². The molecule has 4 rings (SSSR count). The van der Waals surface area contributed by atoms with E-state index in [9.17, 15) is 4.79 Å². The van der Waals surface area contributed by atoms with Gasteiger partial charge in [0.15, 0.2) is 5.13 Å². The molecule has 0 fully saturated rings. The van der Waals surface area contributed by atoms with Gasteiger partial charge in [-0.05, 0) is 35.4 Å². The Morgan fingerprint density at radius 1 is 1.30 bits per heavy atom. The van der Waals surface area contributed by atoms with Crippen LogP contribution in [-0.2, 0) is 25.0 Å². The van der Waals surface area contributed by atoms with Crippen LogP contribution in [-0.4, -0.2) is 15.5 Å². The van der Waals surface area contributed by atoms with E-state index >= 15 is 0 Å². The van der Waals surface area contributed by atoms with E-state index in [0.29, 0.717) is 23.9 Å². The predicted octanol–water partition coefficient (Wildman–Crippen LogP) is 3.43. The molecule has 3 heterocycles. The van der Waals surface area contributed by atoms with Gasteiger partial charge in [-0.25, -0.2) is 4.98 Å². The summed E-state index contributed by atoms with van der Waals surface area (Å²) in [5.74, 6) is -0.146. The molecule has 2 aromatic heterocycles. The van der Waals surface area contributed by atoms with Crippen molar-refractivity contribution in [2.75, 3.05) is 5.32 Å². The maximum Gasteiger partial charge on any atom is 0.257 e. The van der Waals surface area contributed by atoms with Gasteiger partial charge < -0.3 is 9.30 Å². The molecule has 1 amide bonds. The number of thiazole rings is 1. The fraction of sp³-hybridized carbons (Fsp3) is 0.176. The van der Waals surface area contributed by atoms with Crippen molar-refractivity contribution in [2.45, 2.75) is 13.2 Å². The number of nitrogens with zero attached hydrogens (tertiary/aromatic N) is 2. The Labute approximate surface area is 137 Å². The lowest BCUT2D eigenvalue weighted by Crippen LogP contribution is -2.12. The minimum Gasteiger partial charge on any atom is -0.372 e. The molecule has 116 valence electrons. The topological polar surface area (TPSA) is 56.2 Å². The highest BCUT2D eigenvalue weighted by Crippen LogP contribution is 2.26. The molecule has 0 radical (unpaired) electrons. The van der Waals surface area contributed by atoms with Crippen molar-refractivity contribution in [3.05, 3.63) is 58.6 Å². The van der Waals surface area contributed by atoms with Crippen LogP contribution in [0.5, 0.6) is 0 Å². The second kappa shape index (κ2) is 5.64. The minimum atomic E-state index is -0.146. The van der Waals surface area contributed by atoms with Crippen LogP contribution in [0.4, 0.5) is 5.13 Å². The van der Waals surface area contributed by atoms with Crippen LogP contribution in [0, 0.1) is 0 Å². The smallest absolute Gasteiger partial charge is 0.257 e. The summed E-state index contributed by atoms with van der Waals surface area (Å²) < 4.78 is 7.38. The largest absolute Gasteiger partial charge is 0.372 e. The Morgan fingerprint density at radius 2 is 2.17 bits per heavy atom. The highest BCUT2D eigenvalue weighted by Gasteiger charge is 2.15. The third-order valence-corrected chi connectivity index (χ3v) is 4.67. The van der Waals surface area contributed by atoms with Gasteiger partial charge in [-0.3, -0.25) is 10.1 Å². The molecule has 0 spiro atoms. The summed E-state index contributed by atoms with van der Waals surface area (Å²) in [5.41, 5.74) is 4.75. The first kappa shape index (κ1) is 14.2. The third-order valence-electron chi connectivity index (χ3n) is 3.91. The van der Waals surface area contributed by atoms with Gasteiger partial charge >= 0.3 is 0 Å². The molecule has 1 N–H and O–H groups in total. The van der Waals surface area contributed by atoms with E-state index in [4.69, 9.17) is 4.74 Å². The Bertz CT molecular complexity index is 882. The molecular weight excluding hydrogens is 310 g/mol. The number of carbonyl (C=O) groups is 1. The standard InChI is InChI=1S/C17H15N3O2S/c1-20-6-2-3-15(20)14-10-23-17(18-14)19-16(21)11-4-5-12-8-22-9-13(12)7-11/h2-7,10H,8-9H2,1H3,(H,18,19,21). The first-order chi connectivity index (χ1) is 11.2. The van der Waals surface area contributed by atoms with Crippen molar-refractivity contribution >= 4 is 22.4 Å². The van der Waals surface area contributed by atoms with Crippen LogP contribution in [0.2, 0.25) is 0 Å². The number of hydrogen-bond donors (Lipinski definition) is 1. The van der Waals surface area contributed by atoms with Crippen LogP contribution in [0.15, 0.2) is 41.9 Å². The summed E-state index contributed by atoms with van der Waals surface area (Å²) in [4.78, 5) is 16.9. The lowest BCUT2D eigenvalue weighted by molar-refractivity contribution is 0.102. The molecular formula is C17H15N3O2S. The minimum absolute atomic E-state index is 0.146. The highest BCUT2D eigenvalue weighted by atomic mass is 32.1. The van der Waals surface area contributed by atoms with Gasteiger partial charge in [0.05, 0.1) is 24.6 Å². The number of ether oxygens (including phenoxy) is 1. The number of fused-ring (bicyclic) bond motifs is 1. The predicted molar refractivity (Wildman–Crippen MR) is 89.4 cm³/mol. The van der Waals surface area contributed by atoms with Crippen LogP contribution in [0.25, 0.3) is 11.4 Å². The quantitative estimate of drug-likeness (QED) is 0.802. The summed E-state index contributed by atoms with van der Waals surface area (Å²) in [6, 6.07) is 9.65. The van der Waals surface area contributed by atoms with Crippen molar-refractivity contribution in [3.8, 4) is 11.4 Å². The summed E-state index contributed by atoms with van der Waals surface area (Å²) in [7, 11) is 1.97. The summed E-state index contributed by atoms with van der Waals surface area (Å²) in [6.45, 7) is 1.20. The van der Waals surface area contributed by atoms with E-state index in [2.05, 4.69) is 10.3 Å². The number of nitrogens with one attached hydrogen (secondary N) is 1. The summed E-state index contributed by atoms with van der Waals surface area (Å²) in [5, 5.41) is 5.42. The number of aryl methyl sites for hydroxylation is 1. The fourth-order valence-electron chi connectivity index (χ4n) is 2.66. The van der Waals surface area contributed by atoms with E-state index in [1.807, 2.05) is 53.5 Å². The van der Waals surface area contributed by atoms with E-state index in [1.54, 1.807) is 0 Å². The SMILES string of the molecule is Cn1cccc1-c1csc(NC(=O)c2ccc3c(c2)COC3)n1. The number of hydrogen-bond acceptors (Lipinski definition) is 4. The van der Waals surface area contributed by atoms with E-state index in [1.165, 1.54) is 11.3 Å². The molecule has 0 unspecified atom stereocenters. The molecule has 5 nitrogen and oxygen atoms in total. The molecule has 6 heteroatoms. The zero-order valence-corrected chi connectivity index (χ0v) is 13.4. The molecule has 0 aliphatic carbocycles. The molecule has 0 saturated carbocycles. The van der Waals surface area contributed by atoms with Gasteiger partial charge in [-0.1, -0.05) is 6.07 Å². The molecule has 1 aliphatic rings. The zero-order valence-electron chi connectivity index (χ0n) is 12.6. The molecule has 0 bridgehead atoms. The van der Waals surface area contributed by atoms with Gasteiger partial charge in [-0.2, -0.15) is 0 Å². The third kappa shape index (κ3) is 2.67. The van der Waals surface area contributed by atoms with Gasteiger partial charge in [0, 0.05) is 24.2 Å². The Balaban J connectivity index is 1.53. The molecule has 1 aliphatic heterocycles. The van der Waals surface area contributed by atoms with Gasteiger partial charge in [0.1, 0.15) is 0 Å².